The first-order chi connectivity index (χ1) is 9.33. The molecular formula is C12H13Cl2N3O2S. The Kier molecular flexibility index (Phi) is 4.29. The molecule has 20 heavy (non-hydrogen) atoms. The number of hydrogen-bond acceptors (Lipinski definition) is 3. The Bertz CT molecular complexity index is 741. The van der Waals surface area contributed by atoms with E-state index in [2.05, 4.69) is 9.71 Å². The van der Waals surface area contributed by atoms with Crippen LogP contribution in [-0.2, 0) is 16.6 Å². The number of halogens is 2. The SMILES string of the molecule is Cc1cc(Cl)c(NS(=O)(=O)c2c[nH]c(CN)c2)cc1Cl. The van der Waals surface area contributed by atoms with Gasteiger partial charge in [0.15, 0.2) is 0 Å². The van der Waals surface area contributed by atoms with Gasteiger partial charge in [-0.3, -0.25) is 4.72 Å². The number of H-pyrrole nitrogens is 1. The summed E-state index contributed by atoms with van der Waals surface area (Å²) in [6.07, 6.45) is 1.37. The summed E-state index contributed by atoms with van der Waals surface area (Å²) < 4.78 is 26.8. The second kappa shape index (κ2) is 5.65. The predicted molar refractivity (Wildman–Crippen MR) is 80.7 cm³/mol. The largest absolute Gasteiger partial charge is 0.363 e. The molecule has 0 aliphatic heterocycles. The fourth-order valence-corrected chi connectivity index (χ4v) is 3.19. The fraction of sp³-hybridized carbons (Fsp3) is 0.167. The molecule has 0 unspecified atom stereocenters. The molecule has 0 radical (unpaired) electrons. The normalized spacial score (nSPS) is 11.6. The molecule has 0 atom stereocenters. The van der Waals surface area contributed by atoms with Gasteiger partial charge in [0.25, 0.3) is 10.0 Å². The number of aryl methyl sites for hydroxylation is 1. The lowest BCUT2D eigenvalue weighted by Gasteiger charge is -2.10. The number of hydrogen-bond donors (Lipinski definition) is 3. The average Bonchev–Trinajstić information content (AvgIpc) is 2.85. The van der Waals surface area contributed by atoms with E-state index in [-0.39, 0.29) is 22.2 Å². The summed E-state index contributed by atoms with van der Waals surface area (Å²) in [5.41, 5.74) is 7.06. The third-order valence-corrected chi connectivity index (χ3v) is 4.80. The van der Waals surface area contributed by atoms with Gasteiger partial charge in [-0.25, -0.2) is 8.42 Å². The van der Waals surface area contributed by atoms with E-state index in [1.54, 1.807) is 13.0 Å². The molecule has 1 heterocycles. The lowest BCUT2D eigenvalue weighted by molar-refractivity contribution is 0.601. The highest BCUT2D eigenvalue weighted by molar-refractivity contribution is 7.92. The highest BCUT2D eigenvalue weighted by atomic mass is 35.5. The van der Waals surface area contributed by atoms with Gasteiger partial charge in [-0.2, -0.15) is 0 Å². The van der Waals surface area contributed by atoms with Crippen LogP contribution >= 0.6 is 23.2 Å². The van der Waals surface area contributed by atoms with Gasteiger partial charge in [0.2, 0.25) is 0 Å². The van der Waals surface area contributed by atoms with Crippen LogP contribution in [0.1, 0.15) is 11.3 Å². The monoisotopic (exact) mass is 333 g/mol. The summed E-state index contributed by atoms with van der Waals surface area (Å²) in [6.45, 7) is 2.01. The molecule has 0 aliphatic rings. The molecule has 5 nitrogen and oxygen atoms in total. The molecule has 1 aromatic heterocycles. The van der Waals surface area contributed by atoms with Gasteiger partial charge in [0, 0.05) is 23.5 Å². The van der Waals surface area contributed by atoms with Gasteiger partial charge in [0.05, 0.1) is 10.7 Å². The van der Waals surface area contributed by atoms with Crippen molar-refractivity contribution in [2.24, 2.45) is 5.73 Å². The highest BCUT2D eigenvalue weighted by Crippen LogP contribution is 2.30. The standard InChI is InChI=1S/C12H13Cl2N3O2S/c1-7-2-11(14)12(4-10(7)13)17-20(18,19)9-3-8(5-15)16-6-9/h2-4,6,16-17H,5,15H2,1H3. The Morgan fingerprint density at radius 3 is 2.55 bits per heavy atom. The van der Waals surface area contributed by atoms with Crippen molar-refractivity contribution >= 4 is 38.9 Å². The molecule has 4 N–H and O–H groups in total. The molecule has 2 rings (SSSR count). The molecule has 108 valence electrons. The Morgan fingerprint density at radius 2 is 1.95 bits per heavy atom. The fourth-order valence-electron chi connectivity index (χ4n) is 1.62. The van der Waals surface area contributed by atoms with Gasteiger partial charge < -0.3 is 10.7 Å². The van der Waals surface area contributed by atoms with Gasteiger partial charge in [-0.05, 0) is 30.7 Å². The molecule has 0 spiro atoms. The van der Waals surface area contributed by atoms with Gasteiger partial charge >= 0.3 is 0 Å². The molecule has 0 fully saturated rings. The molecule has 0 saturated heterocycles. The van der Waals surface area contributed by atoms with E-state index in [4.69, 9.17) is 28.9 Å². The maximum atomic E-state index is 12.2. The van der Waals surface area contributed by atoms with Crippen molar-refractivity contribution in [3.05, 3.63) is 45.7 Å². The van der Waals surface area contributed by atoms with Crippen molar-refractivity contribution < 1.29 is 8.42 Å². The van der Waals surface area contributed by atoms with Crippen molar-refractivity contribution in [2.75, 3.05) is 4.72 Å². The van der Waals surface area contributed by atoms with E-state index in [9.17, 15) is 8.42 Å². The maximum Gasteiger partial charge on any atom is 0.263 e. The molecule has 0 saturated carbocycles. The Balaban J connectivity index is 2.35. The average molecular weight is 334 g/mol. The first-order valence-electron chi connectivity index (χ1n) is 5.69. The Morgan fingerprint density at radius 1 is 1.25 bits per heavy atom. The van der Waals surface area contributed by atoms with Crippen LogP contribution in [0.2, 0.25) is 10.0 Å². The van der Waals surface area contributed by atoms with Crippen LogP contribution in [0.3, 0.4) is 0 Å². The molecule has 8 heteroatoms. The first kappa shape index (κ1) is 15.2. The van der Waals surface area contributed by atoms with E-state index < -0.39 is 10.0 Å². The highest BCUT2D eigenvalue weighted by Gasteiger charge is 2.18. The Hall–Kier alpha value is -1.21. The summed E-state index contributed by atoms with van der Waals surface area (Å²) in [7, 11) is -3.73. The Labute approximate surface area is 127 Å². The third-order valence-electron chi connectivity index (χ3n) is 2.74. The lowest BCUT2D eigenvalue weighted by Crippen LogP contribution is -2.12. The molecule has 1 aromatic carbocycles. The zero-order chi connectivity index (χ0) is 14.9. The van der Waals surface area contributed by atoms with Gasteiger partial charge in [0.1, 0.15) is 4.90 Å². The van der Waals surface area contributed by atoms with Crippen LogP contribution in [0.5, 0.6) is 0 Å². The molecular weight excluding hydrogens is 321 g/mol. The van der Waals surface area contributed by atoms with E-state index in [1.165, 1.54) is 18.3 Å². The van der Waals surface area contributed by atoms with Crippen LogP contribution < -0.4 is 10.5 Å². The smallest absolute Gasteiger partial charge is 0.263 e. The van der Waals surface area contributed by atoms with Crippen molar-refractivity contribution in [3.63, 3.8) is 0 Å². The van der Waals surface area contributed by atoms with E-state index in [1.807, 2.05) is 0 Å². The summed E-state index contributed by atoms with van der Waals surface area (Å²) in [5, 5.41) is 0.717. The zero-order valence-electron chi connectivity index (χ0n) is 10.6. The number of benzene rings is 1. The number of nitrogens with one attached hydrogen (secondary N) is 2. The molecule has 0 aliphatic carbocycles. The lowest BCUT2D eigenvalue weighted by atomic mass is 10.2. The minimum atomic E-state index is -3.73. The number of rotatable bonds is 4. The maximum absolute atomic E-state index is 12.2. The van der Waals surface area contributed by atoms with E-state index >= 15 is 0 Å². The van der Waals surface area contributed by atoms with E-state index in [0.717, 1.165) is 5.56 Å². The first-order valence-corrected chi connectivity index (χ1v) is 7.93. The summed E-state index contributed by atoms with van der Waals surface area (Å²) in [6, 6.07) is 4.55. The molecule has 0 amide bonds. The van der Waals surface area contributed by atoms with Crippen LogP contribution in [0.25, 0.3) is 0 Å². The van der Waals surface area contributed by atoms with Crippen molar-refractivity contribution in [2.45, 2.75) is 18.4 Å². The summed E-state index contributed by atoms with van der Waals surface area (Å²) in [5.74, 6) is 0. The van der Waals surface area contributed by atoms with Crippen molar-refractivity contribution in [1.29, 1.82) is 0 Å². The van der Waals surface area contributed by atoms with E-state index in [0.29, 0.717) is 10.7 Å². The third kappa shape index (κ3) is 3.09. The minimum absolute atomic E-state index is 0.0886. The molecule has 2 aromatic rings. The number of sulfonamides is 1. The number of nitrogens with two attached hydrogens (primary N) is 1. The van der Waals surface area contributed by atoms with Crippen molar-refractivity contribution in [1.82, 2.24) is 4.98 Å². The van der Waals surface area contributed by atoms with Gasteiger partial charge in [-0.1, -0.05) is 23.2 Å². The zero-order valence-corrected chi connectivity index (χ0v) is 12.9. The minimum Gasteiger partial charge on any atom is -0.363 e. The second-order valence-electron chi connectivity index (χ2n) is 4.25. The second-order valence-corrected chi connectivity index (χ2v) is 6.75. The van der Waals surface area contributed by atoms with Crippen molar-refractivity contribution in [3.8, 4) is 0 Å². The number of aromatic nitrogens is 1. The van der Waals surface area contributed by atoms with Gasteiger partial charge in [-0.15, -0.1) is 0 Å². The quantitative estimate of drug-likeness (QED) is 0.803. The summed E-state index contributed by atoms with van der Waals surface area (Å²) in [4.78, 5) is 2.87. The van der Waals surface area contributed by atoms with Crippen LogP contribution in [0, 0.1) is 6.92 Å². The topological polar surface area (TPSA) is 88.0 Å². The van der Waals surface area contributed by atoms with Crippen LogP contribution in [0.4, 0.5) is 5.69 Å². The number of anilines is 1. The molecule has 0 bridgehead atoms. The number of aromatic amines is 1. The summed E-state index contributed by atoms with van der Waals surface area (Å²) >= 11 is 12.0. The predicted octanol–water partition coefficient (Wildman–Crippen LogP) is 2.89. The van der Waals surface area contributed by atoms with Crippen LogP contribution in [0.15, 0.2) is 29.3 Å². The van der Waals surface area contributed by atoms with Crippen LogP contribution in [-0.4, -0.2) is 13.4 Å².